The SMILES string of the molecule is C[C@@H]1CN([C@H](C)CO)C(=O)c2cc(NC(=O)CCCN(C)C)ccc2O[C@@H](C)CCCCO[C@@H]1CN(C)Cc1ccccc1. The highest BCUT2D eigenvalue weighted by atomic mass is 16.5. The Bertz CT molecular complexity index is 1160. The van der Waals surface area contributed by atoms with Crippen molar-refractivity contribution in [3.8, 4) is 5.75 Å². The topological polar surface area (TPSA) is 94.6 Å². The number of carbonyl (C=O) groups excluding carboxylic acids is 2. The minimum absolute atomic E-state index is 0.00279. The van der Waals surface area contributed by atoms with Crippen LogP contribution in [-0.2, 0) is 16.1 Å². The second kappa shape index (κ2) is 18.1. The fraction of sp³-hybridized carbons (Fsp3) is 0.600. The van der Waals surface area contributed by atoms with E-state index in [0.29, 0.717) is 43.1 Å². The number of nitrogens with one attached hydrogen (secondary N) is 1. The van der Waals surface area contributed by atoms with Crippen LogP contribution in [0.1, 0.15) is 68.8 Å². The van der Waals surface area contributed by atoms with Crippen LogP contribution >= 0.6 is 0 Å². The van der Waals surface area contributed by atoms with Gasteiger partial charge in [-0.2, -0.15) is 0 Å². The lowest BCUT2D eigenvalue weighted by atomic mass is 10.0. The monoisotopic (exact) mass is 610 g/mol. The van der Waals surface area contributed by atoms with Crippen LogP contribution in [0.2, 0.25) is 0 Å². The number of fused-ring (bicyclic) bond motifs is 1. The van der Waals surface area contributed by atoms with Crippen LogP contribution in [0.25, 0.3) is 0 Å². The lowest BCUT2D eigenvalue weighted by Crippen LogP contribution is -2.47. The van der Waals surface area contributed by atoms with Gasteiger partial charge in [-0.3, -0.25) is 14.5 Å². The van der Waals surface area contributed by atoms with E-state index in [1.807, 2.05) is 51.0 Å². The number of ether oxygens (including phenoxy) is 2. The summed E-state index contributed by atoms with van der Waals surface area (Å²) in [5, 5.41) is 13.2. The van der Waals surface area contributed by atoms with Crippen LogP contribution in [0.3, 0.4) is 0 Å². The van der Waals surface area contributed by atoms with Gasteiger partial charge in [0.2, 0.25) is 5.91 Å². The highest BCUT2D eigenvalue weighted by molar-refractivity contribution is 5.99. The van der Waals surface area contributed by atoms with Crippen molar-refractivity contribution in [1.82, 2.24) is 14.7 Å². The zero-order chi connectivity index (χ0) is 32.1. The Morgan fingerprint density at radius 3 is 2.57 bits per heavy atom. The van der Waals surface area contributed by atoms with E-state index in [1.54, 1.807) is 23.1 Å². The molecule has 0 saturated heterocycles. The molecule has 1 aliphatic rings. The van der Waals surface area contributed by atoms with Crippen LogP contribution in [0.5, 0.6) is 5.75 Å². The van der Waals surface area contributed by atoms with Gasteiger partial charge in [-0.25, -0.2) is 0 Å². The standard InChI is InChI=1S/C35H54N4O5/c1-26-22-39(27(2)25-40)35(42)31-21-30(36-34(41)16-12-19-37(4)5)17-18-32(31)44-28(3)13-10-11-20-43-33(26)24-38(6)23-29-14-8-7-9-15-29/h7-9,14-15,17-18,21,26-28,33,40H,10-13,16,19-20,22-25H2,1-6H3,(H,36,41)/t26-,27-,28+,33-/m1/s1. The summed E-state index contributed by atoms with van der Waals surface area (Å²) in [6, 6.07) is 15.2. The van der Waals surface area contributed by atoms with Crippen molar-refractivity contribution in [2.24, 2.45) is 5.92 Å². The van der Waals surface area contributed by atoms with Crippen molar-refractivity contribution in [3.05, 3.63) is 59.7 Å². The Hall–Kier alpha value is -2.98. The van der Waals surface area contributed by atoms with Crippen molar-refractivity contribution in [3.63, 3.8) is 0 Å². The smallest absolute Gasteiger partial charge is 0.258 e. The summed E-state index contributed by atoms with van der Waals surface area (Å²) in [5.74, 6) is 0.154. The Morgan fingerprint density at radius 1 is 1.11 bits per heavy atom. The molecule has 0 radical (unpaired) electrons. The second-order valence-corrected chi connectivity index (χ2v) is 12.6. The van der Waals surface area contributed by atoms with E-state index in [2.05, 4.69) is 36.3 Å². The van der Waals surface area contributed by atoms with Gasteiger partial charge in [-0.05, 0) is 91.0 Å². The lowest BCUT2D eigenvalue weighted by Gasteiger charge is -2.36. The molecule has 3 rings (SSSR count). The molecule has 0 spiro atoms. The average molecular weight is 611 g/mol. The number of likely N-dealkylation sites (N-methyl/N-ethyl adjacent to an activating group) is 1. The fourth-order valence-electron chi connectivity index (χ4n) is 5.51. The van der Waals surface area contributed by atoms with Gasteiger partial charge < -0.3 is 29.7 Å². The number of amides is 2. The van der Waals surface area contributed by atoms with E-state index in [0.717, 1.165) is 38.8 Å². The molecule has 4 atom stereocenters. The summed E-state index contributed by atoms with van der Waals surface area (Å²) in [5.41, 5.74) is 2.17. The highest BCUT2D eigenvalue weighted by Crippen LogP contribution is 2.28. The molecule has 1 aliphatic heterocycles. The van der Waals surface area contributed by atoms with Crippen molar-refractivity contribution in [2.45, 2.75) is 77.7 Å². The van der Waals surface area contributed by atoms with Crippen molar-refractivity contribution in [1.29, 1.82) is 0 Å². The fourth-order valence-corrected chi connectivity index (χ4v) is 5.51. The number of hydrogen-bond acceptors (Lipinski definition) is 7. The molecular formula is C35H54N4O5. The van der Waals surface area contributed by atoms with E-state index in [4.69, 9.17) is 9.47 Å². The van der Waals surface area contributed by atoms with E-state index in [1.165, 1.54) is 5.56 Å². The number of benzene rings is 2. The molecule has 0 aromatic heterocycles. The largest absolute Gasteiger partial charge is 0.490 e. The zero-order valence-electron chi connectivity index (χ0n) is 27.6. The Balaban J connectivity index is 1.87. The molecule has 44 heavy (non-hydrogen) atoms. The molecule has 2 aromatic rings. The number of aliphatic hydroxyl groups excluding tert-OH is 1. The number of nitrogens with zero attached hydrogens (tertiary/aromatic N) is 3. The summed E-state index contributed by atoms with van der Waals surface area (Å²) in [6.07, 6.45) is 3.61. The minimum atomic E-state index is -0.421. The van der Waals surface area contributed by atoms with Gasteiger partial charge in [-0.1, -0.05) is 37.3 Å². The third-order valence-corrected chi connectivity index (χ3v) is 8.13. The van der Waals surface area contributed by atoms with E-state index in [9.17, 15) is 14.7 Å². The predicted octanol–water partition coefficient (Wildman–Crippen LogP) is 4.89. The van der Waals surface area contributed by atoms with Crippen LogP contribution in [0, 0.1) is 5.92 Å². The summed E-state index contributed by atoms with van der Waals surface area (Å²) in [6.45, 7) is 9.18. The Morgan fingerprint density at radius 2 is 1.86 bits per heavy atom. The summed E-state index contributed by atoms with van der Waals surface area (Å²) in [4.78, 5) is 33.0. The third kappa shape index (κ3) is 11.5. The summed E-state index contributed by atoms with van der Waals surface area (Å²) in [7, 11) is 6.06. The molecule has 9 nitrogen and oxygen atoms in total. The van der Waals surface area contributed by atoms with Gasteiger partial charge >= 0.3 is 0 Å². The second-order valence-electron chi connectivity index (χ2n) is 12.6. The number of aliphatic hydroxyl groups is 1. The van der Waals surface area contributed by atoms with E-state index >= 15 is 0 Å². The van der Waals surface area contributed by atoms with E-state index < -0.39 is 6.04 Å². The van der Waals surface area contributed by atoms with Crippen LogP contribution in [0.15, 0.2) is 48.5 Å². The number of carbonyl (C=O) groups is 2. The molecule has 2 amide bonds. The predicted molar refractivity (Wildman–Crippen MR) is 176 cm³/mol. The maximum atomic E-state index is 14.3. The zero-order valence-corrected chi connectivity index (χ0v) is 27.6. The summed E-state index contributed by atoms with van der Waals surface area (Å²) < 4.78 is 12.8. The first-order chi connectivity index (χ1) is 21.1. The molecule has 9 heteroatoms. The molecule has 0 unspecified atom stereocenters. The normalized spacial score (nSPS) is 21.0. The molecule has 0 saturated carbocycles. The Kier molecular flexibility index (Phi) is 14.6. The quantitative estimate of drug-likeness (QED) is 0.374. The van der Waals surface area contributed by atoms with Gasteiger partial charge in [0.25, 0.3) is 5.91 Å². The molecule has 2 N–H and O–H groups in total. The highest BCUT2D eigenvalue weighted by Gasteiger charge is 2.30. The van der Waals surface area contributed by atoms with Gasteiger partial charge in [0.15, 0.2) is 0 Å². The number of hydrogen-bond donors (Lipinski definition) is 2. The van der Waals surface area contributed by atoms with Gasteiger partial charge in [0.1, 0.15) is 5.75 Å². The van der Waals surface area contributed by atoms with E-state index in [-0.39, 0.29) is 36.5 Å². The first-order valence-electron chi connectivity index (χ1n) is 16.1. The molecular weight excluding hydrogens is 556 g/mol. The molecule has 1 heterocycles. The Labute approximate surface area is 264 Å². The number of rotatable bonds is 11. The van der Waals surface area contributed by atoms with Crippen LogP contribution in [0.4, 0.5) is 5.69 Å². The van der Waals surface area contributed by atoms with Gasteiger partial charge in [0.05, 0.1) is 30.4 Å². The first kappa shape index (κ1) is 35.5. The van der Waals surface area contributed by atoms with Crippen LogP contribution in [-0.4, -0.2) is 104 Å². The van der Waals surface area contributed by atoms with Crippen LogP contribution < -0.4 is 10.1 Å². The maximum Gasteiger partial charge on any atom is 0.258 e. The third-order valence-electron chi connectivity index (χ3n) is 8.13. The van der Waals surface area contributed by atoms with Crippen molar-refractivity contribution < 1.29 is 24.2 Å². The van der Waals surface area contributed by atoms with Gasteiger partial charge in [0, 0.05) is 44.3 Å². The average Bonchev–Trinajstić information content (AvgIpc) is 2.98. The minimum Gasteiger partial charge on any atom is -0.490 e. The van der Waals surface area contributed by atoms with Crippen molar-refractivity contribution >= 4 is 17.5 Å². The molecule has 2 aromatic carbocycles. The molecule has 0 aliphatic carbocycles. The summed E-state index contributed by atoms with van der Waals surface area (Å²) >= 11 is 0. The van der Waals surface area contributed by atoms with Gasteiger partial charge in [-0.15, -0.1) is 0 Å². The molecule has 0 fully saturated rings. The maximum absolute atomic E-state index is 14.3. The van der Waals surface area contributed by atoms with Crippen molar-refractivity contribution in [2.75, 3.05) is 59.3 Å². The first-order valence-corrected chi connectivity index (χ1v) is 16.1. The lowest BCUT2D eigenvalue weighted by molar-refractivity contribution is -0.116. The number of anilines is 1. The molecule has 0 bridgehead atoms. The molecule has 244 valence electrons.